The SMILES string of the molecule is Cc1cc(C(=O)Nc2ccc(F)c([C@H](C)Nc3cnc4cnn(C)c4n3)c2)ccc1CN1CCN(C)CC1. The van der Waals surface area contributed by atoms with Gasteiger partial charge < -0.3 is 15.5 Å². The number of halogens is 1. The molecule has 0 saturated carbocycles. The van der Waals surface area contributed by atoms with Crippen molar-refractivity contribution in [1.29, 1.82) is 0 Å². The Balaban J connectivity index is 1.26. The average Bonchev–Trinajstić information content (AvgIpc) is 3.27. The number of benzene rings is 2. The van der Waals surface area contributed by atoms with Crippen LogP contribution in [0.4, 0.5) is 15.9 Å². The van der Waals surface area contributed by atoms with Crippen molar-refractivity contribution >= 4 is 28.6 Å². The Kier molecular flexibility index (Phi) is 7.35. The van der Waals surface area contributed by atoms with Gasteiger partial charge in [-0.05, 0) is 62.4 Å². The number of hydrogen-bond donors (Lipinski definition) is 2. The lowest BCUT2D eigenvalue weighted by Gasteiger charge is -2.32. The summed E-state index contributed by atoms with van der Waals surface area (Å²) in [6.45, 7) is 8.98. The quantitative estimate of drug-likeness (QED) is 0.384. The molecule has 0 radical (unpaired) electrons. The molecular weight excluding hydrogens is 483 g/mol. The molecule has 1 amide bonds. The zero-order valence-corrected chi connectivity index (χ0v) is 22.2. The van der Waals surface area contributed by atoms with E-state index in [1.807, 2.05) is 32.0 Å². The Bertz CT molecular complexity index is 1460. The van der Waals surface area contributed by atoms with Crippen LogP contribution in [0.1, 0.15) is 40.0 Å². The highest BCUT2D eigenvalue weighted by atomic mass is 19.1. The van der Waals surface area contributed by atoms with E-state index >= 15 is 0 Å². The molecule has 5 rings (SSSR count). The maximum Gasteiger partial charge on any atom is 0.255 e. The smallest absolute Gasteiger partial charge is 0.255 e. The molecule has 0 aliphatic carbocycles. The van der Waals surface area contributed by atoms with E-state index in [0.29, 0.717) is 33.8 Å². The number of hydrogen-bond acceptors (Lipinski definition) is 7. The van der Waals surface area contributed by atoms with Crippen molar-refractivity contribution in [2.45, 2.75) is 26.4 Å². The van der Waals surface area contributed by atoms with Gasteiger partial charge >= 0.3 is 0 Å². The average molecular weight is 517 g/mol. The topological polar surface area (TPSA) is 91.2 Å². The Morgan fingerprint density at radius 2 is 1.87 bits per heavy atom. The van der Waals surface area contributed by atoms with E-state index in [1.54, 1.807) is 36.3 Å². The van der Waals surface area contributed by atoms with Crippen LogP contribution in [-0.4, -0.2) is 68.7 Å². The van der Waals surface area contributed by atoms with Gasteiger partial charge in [0, 0.05) is 56.6 Å². The van der Waals surface area contributed by atoms with Gasteiger partial charge in [-0.1, -0.05) is 6.07 Å². The Morgan fingerprint density at radius 1 is 1.08 bits per heavy atom. The Hall–Kier alpha value is -3.89. The van der Waals surface area contributed by atoms with Crippen molar-refractivity contribution in [2.24, 2.45) is 7.05 Å². The molecular formula is C28H33FN8O. The normalized spacial score (nSPS) is 15.5. The number of fused-ring (bicyclic) bond motifs is 1. The summed E-state index contributed by atoms with van der Waals surface area (Å²) in [4.78, 5) is 26.7. The molecule has 10 heteroatoms. The predicted molar refractivity (Wildman–Crippen MR) is 147 cm³/mol. The third-order valence-corrected chi connectivity index (χ3v) is 7.12. The maximum absolute atomic E-state index is 14.8. The first kappa shape index (κ1) is 25.7. The van der Waals surface area contributed by atoms with Gasteiger partial charge in [-0.2, -0.15) is 5.10 Å². The highest BCUT2D eigenvalue weighted by Gasteiger charge is 2.17. The molecule has 3 heterocycles. The van der Waals surface area contributed by atoms with Gasteiger partial charge in [0.2, 0.25) is 0 Å². The van der Waals surface area contributed by atoms with Gasteiger partial charge in [-0.3, -0.25) is 9.69 Å². The van der Waals surface area contributed by atoms with Gasteiger partial charge in [0.1, 0.15) is 17.2 Å². The van der Waals surface area contributed by atoms with Gasteiger partial charge in [-0.25, -0.2) is 19.0 Å². The molecule has 1 aliphatic rings. The highest BCUT2D eigenvalue weighted by molar-refractivity contribution is 6.04. The number of aromatic nitrogens is 4. The van der Waals surface area contributed by atoms with Gasteiger partial charge in [0.05, 0.1) is 18.4 Å². The van der Waals surface area contributed by atoms with Crippen molar-refractivity contribution in [3.63, 3.8) is 0 Å². The predicted octanol–water partition coefficient (Wildman–Crippen LogP) is 3.98. The van der Waals surface area contributed by atoms with Crippen LogP contribution >= 0.6 is 0 Å². The van der Waals surface area contributed by atoms with Gasteiger partial charge in [0.25, 0.3) is 5.91 Å². The van der Waals surface area contributed by atoms with Crippen molar-refractivity contribution in [2.75, 3.05) is 43.9 Å². The third kappa shape index (κ3) is 5.66. The highest BCUT2D eigenvalue weighted by Crippen LogP contribution is 2.25. The second-order valence-electron chi connectivity index (χ2n) is 10.0. The summed E-state index contributed by atoms with van der Waals surface area (Å²) in [5.41, 5.74) is 5.13. The lowest BCUT2D eigenvalue weighted by atomic mass is 10.0. The van der Waals surface area contributed by atoms with Crippen LogP contribution in [0, 0.1) is 12.7 Å². The molecule has 1 saturated heterocycles. The summed E-state index contributed by atoms with van der Waals surface area (Å²) >= 11 is 0. The molecule has 4 aromatic rings. The first-order chi connectivity index (χ1) is 18.3. The monoisotopic (exact) mass is 516 g/mol. The largest absolute Gasteiger partial charge is 0.362 e. The van der Waals surface area contributed by atoms with Crippen molar-refractivity contribution in [1.82, 2.24) is 29.5 Å². The Morgan fingerprint density at radius 3 is 2.63 bits per heavy atom. The molecule has 0 bridgehead atoms. The van der Waals surface area contributed by atoms with E-state index in [9.17, 15) is 9.18 Å². The van der Waals surface area contributed by atoms with Crippen LogP contribution in [0.25, 0.3) is 11.2 Å². The number of anilines is 2. The maximum atomic E-state index is 14.8. The summed E-state index contributed by atoms with van der Waals surface area (Å²) in [6.07, 6.45) is 3.24. The first-order valence-electron chi connectivity index (χ1n) is 12.8. The number of carbonyl (C=O) groups is 1. The fraction of sp³-hybridized carbons (Fsp3) is 0.357. The lowest BCUT2D eigenvalue weighted by Crippen LogP contribution is -2.43. The second kappa shape index (κ2) is 10.8. The van der Waals surface area contributed by atoms with Crippen LogP contribution in [0.5, 0.6) is 0 Å². The van der Waals surface area contributed by atoms with Crippen LogP contribution in [0.15, 0.2) is 48.8 Å². The fourth-order valence-electron chi connectivity index (χ4n) is 4.70. The van der Waals surface area contributed by atoms with Crippen LogP contribution in [0.3, 0.4) is 0 Å². The zero-order chi connectivity index (χ0) is 26.8. The first-order valence-corrected chi connectivity index (χ1v) is 12.8. The van der Waals surface area contributed by atoms with E-state index in [1.165, 1.54) is 11.6 Å². The molecule has 2 aromatic carbocycles. The van der Waals surface area contributed by atoms with E-state index in [-0.39, 0.29) is 11.7 Å². The molecule has 9 nitrogen and oxygen atoms in total. The number of nitrogens with zero attached hydrogens (tertiary/aromatic N) is 6. The second-order valence-corrected chi connectivity index (χ2v) is 10.0. The molecule has 2 N–H and O–H groups in total. The molecule has 0 spiro atoms. The van der Waals surface area contributed by atoms with Crippen LogP contribution in [0.2, 0.25) is 0 Å². The molecule has 2 aromatic heterocycles. The number of likely N-dealkylation sites (N-methyl/N-ethyl adjacent to an activating group) is 1. The van der Waals surface area contributed by atoms with E-state index in [4.69, 9.17) is 0 Å². The van der Waals surface area contributed by atoms with E-state index < -0.39 is 6.04 Å². The number of nitrogens with one attached hydrogen (secondary N) is 2. The molecule has 38 heavy (non-hydrogen) atoms. The van der Waals surface area contributed by atoms with Gasteiger partial charge in [0.15, 0.2) is 5.65 Å². The number of amides is 1. The Labute approximate surface area is 221 Å². The van der Waals surface area contributed by atoms with E-state index in [2.05, 4.69) is 42.5 Å². The summed E-state index contributed by atoms with van der Waals surface area (Å²) in [6, 6.07) is 9.98. The van der Waals surface area contributed by atoms with Gasteiger partial charge in [-0.15, -0.1) is 0 Å². The molecule has 0 unspecified atom stereocenters. The summed E-state index contributed by atoms with van der Waals surface area (Å²) in [5, 5.41) is 10.3. The molecule has 1 atom stereocenters. The number of carbonyl (C=O) groups excluding carboxylic acids is 1. The minimum atomic E-state index is -0.414. The summed E-state index contributed by atoms with van der Waals surface area (Å²) in [7, 11) is 3.94. The van der Waals surface area contributed by atoms with Crippen molar-refractivity contribution in [3.8, 4) is 0 Å². The summed E-state index contributed by atoms with van der Waals surface area (Å²) < 4.78 is 16.4. The van der Waals surface area contributed by atoms with Crippen molar-refractivity contribution in [3.05, 3.63) is 76.9 Å². The number of aryl methyl sites for hydroxylation is 2. The fourth-order valence-corrected chi connectivity index (χ4v) is 4.70. The lowest BCUT2D eigenvalue weighted by molar-refractivity contribution is 0.102. The van der Waals surface area contributed by atoms with Crippen molar-refractivity contribution < 1.29 is 9.18 Å². The number of rotatable bonds is 7. The van der Waals surface area contributed by atoms with Crippen LogP contribution in [-0.2, 0) is 13.6 Å². The molecule has 1 aliphatic heterocycles. The minimum Gasteiger partial charge on any atom is -0.362 e. The summed E-state index contributed by atoms with van der Waals surface area (Å²) in [5.74, 6) is -0.0961. The number of piperazine rings is 1. The molecule has 198 valence electrons. The molecule has 1 fully saturated rings. The van der Waals surface area contributed by atoms with Crippen LogP contribution < -0.4 is 10.6 Å². The third-order valence-electron chi connectivity index (χ3n) is 7.12. The standard InChI is InChI=1S/C28H33FN8O/c1-18-13-20(5-6-21(18)17-37-11-9-35(3)10-12-37)28(38)33-22-7-8-24(29)23(14-22)19(2)32-26-16-30-25-15-31-36(4)27(25)34-26/h5-8,13-16,19H,9-12,17H2,1-4H3,(H,32,34)(H,33,38)/t19-/m0/s1. The minimum absolute atomic E-state index is 0.232. The van der Waals surface area contributed by atoms with E-state index in [0.717, 1.165) is 38.3 Å². The zero-order valence-electron chi connectivity index (χ0n) is 22.2.